The minimum Gasteiger partial charge on any atom is -0.497 e. The number of nitrogen functional groups attached to an aromatic ring is 1. The molecule has 0 saturated carbocycles. The van der Waals surface area contributed by atoms with Crippen LogP contribution < -0.4 is 20.7 Å². The van der Waals surface area contributed by atoms with Gasteiger partial charge in [-0.15, -0.1) is 0 Å². The minimum atomic E-state index is 0.447. The zero-order chi connectivity index (χ0) is 13.7. The molecule has 2 rings (SSSR count). The van der Waals surface area contributed by atoms with Crippen molar-refractivity contribution in [3.63, 3.8) is 0 Å². The summed E-state index contributed by atoms with van der Waals surface area (Å²) in [6, 6.07) is 7.68. The first-order valence-electron chi connectivity index (χ1n) is 5.46. The molecular formula is C12H14N4O2S. The van der Waals surface area contributed by atoms with Gasteiger partial charge in [0.2, 0.25) is 0 Å². The lowest BCUT2D eigenvalue weighted by molar-refractivity contribution is 0.400. The number of anilines is 1. The van der Waals surface area contributed by atoms with Gasteiger partial charge in [0.15, 0.2) is 11.6 Å². The third kappa shape index (κ3) is 3.07. The number of benzene rings is 1. The van der Waals surface area contributed by atoms with Crippen molar-refractivity contribution in [2.45, 2.75) is 9.92 Å². The molecule has 19 heavy (non-hydrogen) atoms. The molecule has 0 unspecified atom stereocenters. The fraction of sp³-hybridized carbons (Fsp3) is 0.167. The first-order valence-corrected chi connectivity index (χ1v) is 6.27. The molecule has 0 spiro atoms. The molecule has 2 aromatic rings. The Bertz CT molecular complexity index is 565. The Morgan fingerprint density at radius 3 is 2.74 bits per heavy atom. The van der Waals surface area contributed by atoms with Gasteiger partial charge in [-0.05, 0) is 18.2 Å². The molecule has 0 aliphatic heterocycles. The van der Waals surface area contributed by atoms with Crippen molar-refractivity contribution in [1.29, 1.82) is 0 Å². The molecule has 3 N–H and O–H groups in total. The van der Waals surface area contributed by atoms with E-state index >= 15 is 0 Å². The fourth-order valence-electron chi connectivity index (χ4n) is 1.49. The summed E-state index contributed by atoms with van der Waals surface area (Å²) in [6.45, 7) is 0. The van der Waals surface area contributed by atoms with Gasteiger partial charge in [0.05, 0.1) is 14.2 Å². The van der Waals surface area contributed by atoms with Gasteiger partial charge >= 0.3 is 0 Å². The van der Waals surface area contributed by atoms with Crippen molar-refractivity contribution < 1.29 is 9.47 Å². The van der Waals surface area contributed by atoms with Gasteiger partial charge in [-0.2, -0.15) is 0 Å². The zero-order valence-electron chi connectivity index (χ0n) is 10.6. The second-order valence-corrected chi connectivity index (χ2v) is 4.55. The lowest BCUT2D eigenvalue weighted by Gasteiger charge is -2.10. The highest BCUT2D eigenvalue weighted by Crippen LogP contribution is 2.37. The van der Waals surface area contributed by atoms with E-state index in [0.717, 1.165) is 10.6 Å². The maximum Gasteiger partial charge on any atom is 0.195 e. The van der Waals surface area contributed by atoms with Crippen molar-refractivity contribution in [3.05, 3.63) is 30.6 Å². The molecule has 1 heterocycles. The summed E-state index contributed by atoms with van der Waals surface area (Å²) in [5.74, 6) is 7.13. The third-order valence-corrected chi connectivity index (χ3v) is 3.34. The number of hydrazine groups is 1. The van der Waals surface area contributed by atoms with Crippen LogP contribution in [0.25, 0.3) is 0 Å². The van der Waals surface area contributed by atoms with E-state index in [4.69, 9.17) is 15.3 Å². The molecule has 1 aromatic carbocycles. The van der Waals surface area contributed by atoms with Crippen LogP contribution in [0.2, 0.25) is 0 Å². The molecule has 0 aliphatic carbocycles. The smallest absolute Gasteiger partial charge is 0.195 e. The molecule has 7 heteroatoms. The van der Waals surface area contributed by atoms with Gasteiger partial charge in [-0.1, -0.05) is 17.8 Å². The van der Waals surface area contributed by atoms with E-state index in [1.165, 1.54) is 18.1 Å². The fourth-order valence-corrected chi connectivity index (χ4v) is 2.41. The van der Waals surface area contributed by atoms with E-state index in [1.54, 1.807) is 14.2 Å². The summed E-state index contributed by atoms with van der Waals surface area (Å²) in [5, 5.41) is 0.679. The normalized spacial score (nSPS) is 10.1. The summed E-state index contributed by atoms with van der Waals surface area (Å²) in [4.78, 5) is 9.18. The summed E-state index contributed by atoms with van der Waals surface area (Å²) in [5.41, 5.74) is 2.48. The van der Waals surface area contributed by atoms with Gasteiger partial charge in [-0.25, -0.2) is 15.8 Å². The average Bonchev–Trinajstić information content (AvgIpc) is 2.47. The first-order chi connectivity index (χ1) is 9.28. The Morgan fingerprint density at radius 1 is 1.21 bits per heavy atom. The van der Waals surface area contributed by atoms with Crippen LogP contribution in [0, 0.1) is 0 Å². The van der Waals surface area contributed by atoms with E-state index in [1.807, 2.05) is 24.3 Å². The van der Waals surface area contributed by atoms with E-state index in [-0.39, 0.29) is 0 Å². The molecule has 1 aromatic heterocycles. The van der Waals surface area contributed by atoms with Crippen molar-refractivity contribution in [2.75, 3.05) is 19.6 Å². The predicted molar refractivity (Wildman–Crippen MR) is 73.5 cm³/mol. The highest BCUT2D eigenvalue weighted by Gasteiger charge is 2.12. The number of methoxy groups -OCH3 is 2. The van der Waals surface area contributed by atoms with Crippen LogP contribution in [-0.4, -0.2) is 24.2 Å². The molecule has 0 aliphatic rings. The summed E-state index contributed by atoms with van der Waals surface area (Å²) < 4.78 is 10.5. The predicted octanol–water partition coefficient (Wildman–Crippen LogP) is 1.93. The molecule has 0 atom stereocenters. The summed E-state index contributed by atoms with van der Waals surface area (Å²) in [6.07, 6.45) is 1.43. The molecule has 100 valence electrons. The Hall–Kier alpha value is -1.99. The van der Waals surface area contributed by atoms with Gasteiger partial charge in [0.25, 0.3) is 0 Å². The third-order valence-electron chi connectivity index (χ3n) is 2.37. The van der Waals surface area contributed by atoms with Gasteiger partial charge in [0, 0.05) is 4.90 Å². The minimum absolute atomic E-state index is 0.447. The van der Waals surface area contributed by atoms with Crippen LogP contribution in [0.5, 0.6) is 11.5 Å². The van der Waals surface area contributed by atoms with Crippen molar-refractivity contribution in [3.8, 4) is 11.5 Å². The van der Waals surface area contributed by atoms with Gasteiger partial charge in [0.1, 0.15) is 17.1 Å². The second-order valence-electron chi connectivity index (χ2n) is 3.49. The van der Waals surface area contributed by atoms with Gasteiger partial charge in [-0.3, -0.25) is 0 Å². The Labute approximate surface area is 115 Å². The SMILES string of the molecule is COc1cccc(Sc2ncnc(NN)c2OC)c1. The molecule has 0 radical (unpaired) electrons. The van der Waals surface area contributed by atoms with E-state index in [0.29, 0.717) is 16.6 Å². The zero-order valence-corrected chi connectivity index (χ0v) is 11.4. The number of hydrogen-bond acceptors (Lipinski definition) is 7. The Balaban J connectivity index is 2.32. The summed E-state index contributed by atoms with van der Waals surface area (Å²) in [7, 11) is 3.18. The van der Waals surface area contributed by atoms with E-state index in [2.05, 4.69) is 15.4 Å². The standard InChI is InChI=1S/C12H14N4O2S/c1-17-8-4-3-5-9(6-8)19-12-10(18-2)11(16-13)14-7-15-12/h3-7H,13H2,1-2H3,(H,14,15,16). The highest BCUT2D eigenvalue weighted by atomic mass is 32.2. The van der Waals surface area contributed by atoms with E-state index < -0.39 is 0 Å². The quantitative estimate of drug-likeness (QED) is 0.491. The number of hydrogen-bond donors (Lipinski definition) is 2. The van der Waals surface area contributed by atoms with Crippen molar-refractivity contribution in [2.24, 2.45) is 5.84 Å². The Morgan fingerprint density at radius 2 is 2.05 bits per heavy atom. The van der Waals surface area contributed by atoms with Crippen LogP contribution in [0.1, 0.15) is 0 Å². The number of nitrogens with zero attached hydrogens (tertiary/aromatic N) is 2. The van der Waals surface area contributed by atoms with Crippen molar-refractivity contribution >= 4 is 17.6 Å². The maximum atomic E-state index is 5.38. The van der Waals surface area contributed by atoms with Crippen LogP contribution in [-0.2, 0) is 0 Å². The number of nitrogens with one attached hydrogen (secondary N) is 1. The van der Waals surface area contributed by atoms with Crippen LogP contribution in [0.3, 0.4) is 0 Å². The molecule has 0 amide bonds. The monoisotopic (exact) mass is 278 g/mol. The second kappa shape index (κ2) is 6.26. The largest absolute Gasteiger partial charge is 0.497 e. The Kier molecular flexibility index (Phi) is 4.43. The highest BCUT2D eigenvalue weighted by molar-refractivity contribution is 7.99. The molecule has 0 bridgehead atoms. The van der Waals surface area contributed by atoms with Crippen LogP contribution in [0.4, 0.5) is 5.82 Å². The average molecular weight is 278 g/mol. The molecule has 0 saturated heterocycles. The lowest BCUT2D eigenvalue weighted by atomic mass is 10.3. The van der Waals surface area contributed by atoms with Crippen LogP contribution >= 0.6 is 11.8 Å². The van der Waals surface area contributed by atoms with E-state index in [9.17, 15) is 0 Å². The van der Waals surface area contributed by atoms with Crippen LogP contribution in [0.15, 0.2) is 40.5 Å². The number of aromatic nitrogens is 2. The number of ether oxygens (including phenoxy) is 2. The number of rotatable bonds is 5. The van der Waals surface area contributed by atoms with Gasteiger partial charge < -0.3 is 14.9 Å². The topological polar surface area (TPSA) is 82.3 Å². The maximum absolute atomic E-state index is 5.38. The summed E-state index contributed by atoms with van der Waals surface area (Å²) >= 11 is 1.45. The first kappa shape index (κ1) is 13.4. The van der Waals surface area contributed by atoms with Crippen molar-refractivity contribution in [1.82, 2.24) is 9.97 Å². The molecule has 6 nitrogen and oxygen atoms in total. The molecule has 0 fully saturated rings. The number of nitrogens with two attached hydrogens (primary N) is 1. The molecular weight excluding hydrogens is 264 g/mol. The lowest BCUT2D eigenvalue weighted by Crippen LogP contribution is -2.10.